The Kier molecular flexibility index (Phi) is 1.93. The monoisotopic (exact) mass is 223 g/mol. The third-order valence-electron chi connectivity index (χ3n) is 2.20. The molecule has 0 spiro atoms. The average molecular weight is 224 g/mol. The topological polar surface area (TPSA) is 26.0 Å². The van der Waals surface area contributed by atoms with Gasteiger partial charge in [-0.3, -0.25) is 0 Å². The fourth-order valence-corrected chi connectivity index (χ4v) is 1.90. The first kappa shape index (κ1) is 7.87. The summed E-state index contributed by atoms with van der Waals surface area (Å²) in [5, 5.41) is 0. The van der Waals surface area contributed by atoms with Gasteiger partial charge in [0, 0.05) is 10.2 Å². The summed E-state index contributed by atoms with van der Waals surface area (Å²) >= 11 is 3.43. The van der Waals surface area contributed by atoms with Crippen molar-refractivity contribution >= 4 is 27.7 Å². The van der Waals surface area contributed by atoms with Crippen molar-refractivity contribution in [2.75, 3.05) is 5.73 Å². The number of anilines is 1. The molecule has 0 bridgehead atoms. The van der Waals surface area contributed by atoms with E-state index in [0.717, 1.165) is 23.0 Å². The molecule has 1 aliphatic rings. The Hall–Kier alpha value is -0.760. The summed E-state index contributed by atoms with van der Waals surface area (Å²) < 4.78 is 1.01. The molecule has 1 aromatic carbocycles. The van der Waals surface area contributed by atoms with Gasteiger partial charge in [-0.1, -0.05) is 18.2 Å². The molecule has 2 heteroatoms. The maximum absolute atomic E-state index is 5.92. The Balaban J connectivity index is 2.63. The Morgan fingerprint density at radius 1 is 1.33 bits per heavy atom. The third kappa shape index (κ3) is 1.16. The molecule has 0 aliphatic heterocycles. The van der Waals surface area contributed by atoms with Gasteiger partial charge in [-0.25, -0.2) is 0 Å². The normalized spacial score (nSPS) is 14.4. The molecule has 0 radical (unpaired) electrons. The Bertz CT molecular complexity index is 342. The molecule has 1 aromatic rings. The molecule has 0 amide bonds. The number of fused-ring (bicyclic) bond motifs is 1. The second-order valence-electron chi connectivity index (χ2n) is 2.97. The van der Waals surface area contributed by atoms with Crippen LogP contribution in [0.25, 0.3) is 6.08 Å². The second kappa shape index (κ2) is 2.94. The van der Waals surface area contributed by atoms with Gasteiger partial charge in [0.05, 0.1) is 0 Å². The lowest BCUT2D eigenvalue weighted by Gasteiger charge is -2.13. The largest absolute Gasteiger partial charge is 0.398 e. The molecule has 62 valence electrons. The Labute approximate surface area is 80.4 Å². The van der Waals surface area contributed by atoms with Crippen LogP contribution in [0.2, 0.25) is 0 Å². The van der Waals surface area contributed by atoms with E-state index in [-0.39, 0.29) is 0 Å². The molecule has 2 rings (SSSR count). The summed E-state index contributed by atoms with van der Waals surface area (Å²) in [6, 6.07) is 4.11. The molecule has 1 aliphatic carbocycles. The number of halogens is 1. The molecule has 0 aromatic heterocycles. The maximum Gasteiger partial charge on any atom is 0.0497 e. The fourth-order valence-electron chi connectivity index (χ4n) is 1.53. The quantitative estimate of drug-likeness (QED) is 0.673. The molecule has 0 atom stereocenters. The predicted octanol–water partition coefficient (Wildman–Crippen LogP) is 2.99. The summed E-state index contributed by atoms with van der Waals surface area (Å²) in [5.41, 5.74) is 9.37. The second-order valence-corrected chi connectivity index (χ2v) is 3.82. The van der Waals surface area contributed by atoms with Crippen molar-refractivity contribution < 1.29 is 0 Å². The maximum atomic E-state index is 5.92. The molecule has 0 saturated carbocycles. The standard InChI is InChI=1S/C10H10BrN/c11-9-6-5-7-3-1-2-4-8(7)10(9)12/h1,3,5-6H,2,4,12H2. The van der Waals surface area contributed by atoms with Crippen molar-refractivity contribution in [3.63, 3.8) is 0 Å². The summed E-state index contributed by atoms with van der Waals surface area (Å²) in [5.74, 6) is 0. The molecule has 0 heterocycles. The van der Waals surface area contributed by atoms with Crippen LogP contribution in [0.3, 0.4) is 0 Å². The zero-order valence-electron chi connectivity index (χ0n) is 6.68. The van der Waals surface area contributed by atoms with E-state index in [1.165, 1.54) is 11.1 Å². The molecule has 1 nitrogen and oxygen atoms in total. The van der Waals surface area contributed by atoms with Crippen molar-refractivity contribution in [2.24, 2.45) is 0 Å². The summed E-state index contributed by atoms with van der Waals surface area (Å²) in [7, 11) is 0. The van der Waals surface area contributed by atoms with E-state index < -0.39 is 0 Å². The molecule has 0 saturated heterocycles. The predicted molar refractivity (Wildman–Crippen MR) is 55.9 cm³/mol. The zero-order valence-corrected chi connectivity index (χ0v) is 8.26. The molecule has 12 heavy (non-hydrogen) atoms. The van der Waals surface area contributed by atoms with Crippen LogP contribution in [-0.2, 0) is 6.42 Å². The molecular formula is C10H10BrN. The van der Waals surface area contributed by atoms with Crippen molar-refractivity contribution in [1.29, 1.82) is 0 Å². The molecule has 0 unspecified atom stereocenters. The van der Waals surface area contributed by atoms with E-state index in [0.29, 0.717) is 0 Å². The van der Waals surface area contributed by atoms with E-state index in [4.69, 9.17) is 5.73 Å². The van der Waals surface area contributed by atoms with Crippen LogP contribution in [0, 0.1) is 0 Å². The van der Waals surface area contributed by atoms with Gasteiger partial charge in [-0.15, -0.1) is 0 Å². The zero-order chi connectivity index (χ0) is 8.55. The lowest BCUT2D eigenvalue weighted by atomic mass is 9.96. The summed E-state index contributed by atoms with van der Waals surface area (Å²) in [6.45, 7) is 0. The van der Waals surface area contributed by atoms with Gasteiger partial charge in [-0.05, 0) is 46.0 Å². The van der Waals surface area contributed by atoms with Crippen LogP contribution in [0.5, 0.6) is 0 Å². The van der Waals surface area contributed by atoms with Crippen LogP contribution in [0.1, 0.15) is 17.5 Å². The Morgan fingerprint density at radius 2 is 2.17 bits per heavy atom. The molecular weight excluding hydrogens is 214 g/mol. The van der Waals surface area contributed by atoms with Gasteiger partial charge in [0.15, 0.2) is 0 Å². The number of rotatable bonds is 0. The van der Waals surface area contributed by atoms with Gasteiger partial charge >= 0.3 is 0 Å². The van der Waals surface area contributed by atoms with Crippen molar-refractivity contribution in [2.45, 2.75) is 12.8 Å². The molecule has 0 fully saturated rings. The first-order valence-corrected chi connectivity index (χ1v) is 4.82. The highest BCUT2D eigenvalue weighted by Crippen LogP contribution is 2.30. The van der Waals surface area contributed by atoms with Crippen molar-refractivity contribution in [3.8, 4) is 0 Å². The number of hydrogen-bond donors (Lipinski definition) is 1. The van der Waals surface area contributed by atoms with Crippen LogP contribution >= 0.6 is 15.9 Å². The van der Waals surface area contributed by atoms with Crippen LogP contribution in [0.4, 0.5) is 5.69 Å². The van der Waals surface area contributed by atoms with Crippen molar-refractivity contribution in [1.82, 2.24) is 0 Å². The average Bonchev–Trinajstić information content (AvgIpc) is 2.12. The minimum Gasteiger partial charge on any atom is -0.398 e. The van der Waals surface area contributed by atoms with E-state index in [9.17, 15) is 0 Å². The van der Waals surface area contributed by atoms with E-state index in [1.807, 2.05) is 6.07 Å². The first-order valence-electron chi connectivity index (χ1n) is 4.02. The van der Waals surface area contributed by atoms with Gasteiger partial charge < -0.3 is 5.73 Å². The van der Waals surface area contributed by atoms with Gasteiger partial charge in [0.1, 0.15) is 0 Å². The number of benzene rings is 1. The highest BCUT2D eigenvalue weighted by molar-refractivity contribution is 9.10. The van der Waals surface area contributed by atoms with Gasteiger partial charge in [-0.2, -0.15) is 0 Å². The Morgan fingerprint density at radius 3 is 3.00 bits per heavy atom. The number of nitrogen functional groups attached to an aromatic ring is 1. The van der Waals surface area contributed by atoms with Crippen molar-refractivity contribution in [3.05, 3.63) is 33.8 Å². The third-order valence-corrected chi connectivity index (χ3v) is 2.89. The smallest absolute Gasteiger partial charge is 0.0497 e. The minimum absolute atomic E-state index is 0.900. The van der Waals surface area contributed by atoms with Gasteiger partial charge in [0.2, 0.25) is 0 Å². The van der Waals surface area contributed by atoms with E-state index in [2.05, 4.69) is 34.1 Å². The fraction of sp³-hybridized carbons (Fsp3) is 0.200. The SMILES string of the molecule is Nc1c(Br)ccc2c1CCC=C2. The van der Waals surface area contributed by atoms with E-state index >= 15 is 0 Å². The number of allylic oxidation sites excluding steroid dienone is 1. The van der Waals surface area contributed by atoms with E-state index in [1.54, 1.807) is 0 Å². The van der Waals surface area contributed by atoms with Gasteiger partial charge in [0.25, 0.3) is 0 Å². The number of nitrogens with two attached hydrogens (primary N) is 1. The first-order chi connectivity index (χ1) is 5.79. The van der Waals surface area contributed by atoms with Crippen LogP contribution in [-0.4, -0.2) is 0 Å². The minimum atomic E-state index is 0.900. The van der Waals surface area contributed by atoms with Crippen LogP contribution < -0.4 is 5.73 Å². The lowest BCUT2D eigenvalue weighted by Crippen LogP contribution is -2.00. The highest BCUT2D eigenvalue weighted by Gasteiger charge is 2.09. The summed E-state index contributed by atoms with van der Waals surface area (Å²) in [6.07, 6.45) is 6.50. The summed E-state index contributed by atoms with van der Waals surface area (Å²) in [4.78, 5) is 0. The molecule has 2 N–H and O–H groups in total. The highest BCUT2D eigenvalue weighted by atomic mass is 79.9. The van der Waals surface area contributed by atoms with Crippen LogP contribution in [0.15, 0.2) is 22.7 Å². The number of hydrogen-bond acceptors (Lipinski definition) is 1. The lowest BCUT2D eigenvalue weighted by molar-refractivity contribution is 0.988.